The SMILES string of the molecule is CCCC(=O)C(Cc1cnc[nH]1)NC(=O)CC. The Bertz CT molecular complexity index is 360. The Kier molecular flexibility index (Phi) is 5.39. The third kappa shape index (κ3) is 4.38. The van der Waals surface area contributed by atoms with Crippen LogP contribution in [-0.2, 0) is 16.0 Å². The van der Waals surface area contributed by atoms with E-state index in [2.05, 4.69) is 15.3 Å². The molecule has 0 bridgehead atoms. The molecule has 0 aliphatic heterocycles. The zero-order valence-electron chi connectivity index (χ0n) is 10.3. The Balaban J connectivity index is 2.64. The maximum Gasteiger partial charge on any atom is 0.220 e. The molecule has 1 unspecified atom stereocenters. The van der Waals surface area contributed by atoms with Crippen molar-refractivity contribution in [2.75, 3.05) is 0 Å². The molecule has 5 nitrogen and oxygen atoms in total. The van der Waals surface area contributed by atoms with Gasteiger partial charge in [-0.2, -0.15) is 0 Å². The summed E-state index contributed by atoms with van der Waals surface area (Å²) in [6.07, 6.45) is 5.38. The second-order valence-corrected chi connectivity index (χ2v) is 3.97. The first-order chi connectivity index (χ1) is 8.17. The molecule has 0 aromatic carbocycles. The van der Waals surface area contributed by atoms with Crippen LogP contribution in [-0.4, -0.2) is 27.7 Å². The molecule has 94 valence electrons. The quantitative estimate of drug-likeness (QED) is 0.748. The highest BCUT2D eigenvalue weighted by Gasteiger charge is 2.20. The third-order valence-electron chi connectivity index (χ3n) is 2.52. The van der Waals surface area contributed by atoms with Gasteiger partial charge in [0.25, 0.3) is 0 Å². The average Bonchev–Trinajstić information content (AvgIpc) is 2.81. The number of imidazole rings is 1. The number of carbonyl (C=O) groups is 2. The Hall–Kier alpha value is -1.65. The first-order valence-corrected chi connectivity index (χ1v) is 5.96. The number of nitrogens with zero attached hydrogens (tertiary/aromatic N) is 1. The van der Waals surface area contributed by atoms with Gasteiger partial charge < -0.3 is 10.3 Å². The molecule has 0 saturated heterocycles. The Labute approximate surface area is 101 Å². The molecular weight excluding hydrogens is 218 g/mol. The minimum Gasteiger partial charge on any atom is -0.348 e. The number of ketones is 1. The molecule has 2 N–H and O–H groups in total. The molecule has 1 atom stereocenters. The number of H-pyrrole nitrogens is 1. The van der Waals surface area contributed by atoms with Gasteiger partial charge in [-0.3, -0.25) is 9.59 Å². The van der Waals surface area contributed by atoms with Gasteiger partial charge in [-0.1, -0.05) is 13.8 Å². The number of aromatic nitrogens is 2. The van der Waals surface area contributed by atoms with E-state index in [0.717, 1.165) is 12.1 Å². The lowest BCUT2D eigenvalue weighted by Gasteiger charge is -2.16. The molecule has 17 heavy (non-hydrogen) atoms. The van der Waals surface area contributed by atoms with Crippen molar-refractivity contribution in [3.05, 3.63) is 18.2 Å². The van der Waals surface area contributed by atoms with Crippen molar-refractivity contribution in [3.8, 4) is 0 Å². The topological polar surface area (TPSA) is 74.8 Å². The molecule has 1 rings (SSSR count). The monoisotopic (exact) mass is 237 g/mol. The summed E-state index contributed by atoms with van der Waals surface area (Å²) in [5.74, 6) is -0.0251. The molecule has 1 heterocycles. The highest BCUT2D eigenvalue weighted by Crippen LogP contribution is 2.04. The van der Waals surface area contributed by atoms with Crippen LogP contribution < -0.4 is 5.32 Å². The van der Waals surface area contributed by atoms with Gasteiger partial charge in [0.1, 0.15) is 0 Å². The number of aromatic amines is 1. The molecular formula is C12H19N3O2. The number of rotatable bonds is 7. The number of carbonyl (C=O) groups excluding carboxylic acids is 2. The van der Waals surface area contributed by atoms with Gasteiger partial charge in [-0.15, -0.1) is 0 Å². The summed E-state index contributed by atoms with van der Waals surface area (Å²) < 4.78 is 0. The van der Waals surface area contributed by atoms with Crippen LogP contribution >= 0.6 is 0 Å². The van der Waals surface area contributed by atoms with Crippen LogP contribution in [0.1, 0.15) is 38.8 Å². The van der Waals surface area contributed by atoms with Crippen LogP contribution in [0.4, 0.5) is 0 Å². The maximum atomic E-state index is 11.9. The van der Waals surface area contributed by atoms with Crippen molar-refractivity contribution in [2.24, 2.45) is 0 Å². The second-order valence-electron chi connectivity index (χ2n) is 3.97. The first-order valence-electron chi connectivity index (χ1n) is 5.96. The largest absolute Gasteiger partial charge is 0.348 e. The van der Waals surface area contributed by atoms with Crippen molar-refractivity contribution in [1.29, 1.82) is 0 Å². The Morgan fingerprint density at radius 3 is 2.76 bits per heavy atom. The van der Waals surface area contributed by atoms with Crippen LogP contribution in [0.2, 0.25) is 0 Å². The molecule has 0 aliphatic carbocycles. The van der Waals surface area contributed by atoms with Gasteiger partial charge in [0.05, 0.1) is 12.4 Å². The van der Waals surface area contributed by atoms with Crippen LogP contribution in [0.3, 0.4) is 0 Å². The molecule has 0 spiro atoms. The fourth-order valence-electron chi connectivity index (χ4n) is 1.58. The van der Waals surface area contributed by atoms with Crippen molar-refractivity contribution in [2.45, 2.75) is 45.6 Å². The molecule has 1 aromatic heterocycles. The summed E-state index contributed by atoms with van der Waals surface area (Å²) in [7, 11) is 0. The van der Waals surface area contributed by atoms with Gasteiger partial charge in [-0.05, 0) is 6.42 Å². The van der Waals surface area contributed by atoms with Crippen LogP contribution in [0.25, 0.3) is 0 Å². The molecule has 1 amide bonds. The summed E-state index contributed by atoms with van der Waals surface area (Å²) >= 11 is 0. The molecule has 0 saturated carbocycles. The van der Waals surface area contributed by atoms with Gasteiger partial charge in [0.15, 0.2) is 5.78 Å². The van der Waals surface area contributed by atoms with E-state index in [9.17, 15) is 9.59 Å². The zero-order chi connectivity index (χ0) is 12.7. The van der Waals surface area contributed by atoms with E-state index in [1.165, 1.54) is 0 Å². The standard InChI is InChI=1S/C12H19N3O2/c1-3-5-11(16)10(15-12(17)4-2)6-9-7-13-8-14-9/h7-8,10H,3-6H2,1-2H3,(H,13,14)(H,15,17). The van der Waals surface area contributed by atoms with Gasteiger partial charge in [-0.25, -0.2) is 4.98 Å². The fraction of sp³-hybridized carbons (Fsp3) is 0.583. The van der Waals surface area contributed by atoms with Crippen molar-refractivity contribution >= 4 is 11.7 Å². The lowest BCUT2D eigenvalue weighted by molar-refractivity contribution is -0.127. The van der Waals surface area contributed by atoms with Crippen LogP contribution in [0, 0.1) is 0 Å². The van der Waals surface area contributed by atoms with E-state index >= 15 is 0 Å². The molecule has 5 heteroatoms. The number of Topliss-reactive ketones (excluding diaryl/α,β-unsaturated/α-hetero) is 1. The van der Waals surface area contributed by atoms with E-state index in [1.54, 1.807) is 19.4 Å². The summed E-state index contributed by atoms with van der Waals surface area (Å²) in [5, 5.41) is 2.75. The van der Waals surface area contributed by atoms with E-state index < -0.39 is 6.04 Å². The second kappa shape index (κ2) is 6.83. The number of amides is 1. The van der Waals surface area contributed by atoms with Gasteiger partial charge in [0, 0.05) is 31.2 Å². The maximum absolute atomic E-state index is 11.9. The summed E-state index contributed by atoms with van der Waals surface area (Å²) in [5.41, 5.74) is 0.857. The summed E-state index contributed by atoms with van der Waals surface area (Å²) in [6.45, 7) is 3.72. The van der Waals surface area contributed by atoms with E-state index in [-0.39, 0.29) is 11.7 Å². The molecule has 1 aromatic rings. The number of hydrogen-bond donors (Lipinski definition) is 2. The summed E-state index contributed by atoms with van der Waals surface area (Å²) in [4.78, 5) is 30.1. The Morgan fingerprint density at radius 1 is 1.47 bits per heavy atom. The Morgan fingerprint density at radius 2 is 2.24 bits per heavy atom. The van der Waals surface area contributed by atoms with Crippen molar-refractivity contribution in [3.63, 3.8) is 0 Å². The molecule has 0 aliphatic rings. The number of nitrogens with one attached hydrogen (secondary N) is 2. The van der Waals surface area contributed by atoms with E-state index in [1.807, 2.05) is 6.92 Å². The highest BCUT2D eigenvalue weighted by atomic mass is 16.2. The van der Waals surface area contributed by atoms with Gasteiger partial charge >= 0.3 is 0 Å². The fourth-order valence-corrected chi connectivity index (χ4v) is 1.58. The lowest BCUT2D eigenvalue weighted by atomic mass is 10.0. The van der Waals surface area contributed by atoms with Crippen LogP contribution in [0.15, 0.2) is 12.5 Å². The molecule has 0 radical (unpaired) electrons. The average molecular weight is 237 g/mol. The van der Waals surface area contributed by atoms with Crippen molar-refractivity contribution < 1.29 is 9.59 Å². The van der Waals surface area contributed by atoms with E-state index in [0.29, 0.717) is 19.3 Å². The smallest absolute Gasteiger partial charge is 0.220 e. The predicted molar refractivity (Wildman–Crippen MR) is 64.4 cm³/mol. The highest BCUT2D eigenvalue weighted by molar-refractivity contribution is 5.89. The lowest BCUT2D eigenvalue weighted by Crippen LogP contribution is -2.42. The van der Waals surface area contributed by atoms with Crippen LogP contribution in [0.5, 0.6) is 0 Å². The minimum absolute atomic E-state index is 0.0731. The normalized spacial score (nSPS) is 12.1. The minimum atomic E-state index is -0.442. The zero-order valence-corrected chi connectivity index (χ0v) is 10.3. The van der Waals surface area contributed by atoms with Crippen molar-refractivity contribution in [1.82, 2.24) is 15.3 Å². The first kappa shape index (κ1) is 13.4. The number of hydrogen-bond acceptors (Lipinski definition) is 3. The predicted octanol–water partition coefficient (Wildman–Crippen LogP) is 1.22. The van der Waals surface area contributed by atoms with E-state index in [4.69, 9.17) is 0 Å². The summed E-state index contributed by atoms with van der Waals surface area (Å²) in [6, 6.07) is -0.442. The third-order valence-corrected chi connectivity index (χ3v) is 2.52. The van der Waals surface area contributed by atoms with Gasteiger partial charge in [0.2, 0.25) is 5.91 Å². The molecule has 0 fully saturated rings.